The van der Waals surface area contributed by atoms with Crippen molar-refractivity contribution in [3.8, 4) is 5.75 Å². The maximum absolute atomic E-state index is 14.6. The number of nitrogens with zero attached hydrogens (tertiary/aromatic N) is 2. The molecule has 4 aromatic rings. The van der Waals surface area contributed by atoms with Crippen LogP contribution in [0.25, 0.3) is 0 Å². The normalized spacial score (nSPS) is 11.9. The van der Waals surface area contributed by atoms with Crippen molar-refractivity contribution in [1.29, 1.82) is 0 Å². The molecule has 9 heteroatoms. The minimum Gasteiger partial charge on any atom is -0.494 e. The van der Waals surface area contributed by atoms with Crippen molar-refractivity contribution in [3.05, 3.63) is 126 Å². The molecule has 1 N–H and O–H groups in total. The fourth-order valence-electron chi connectivity index (χ4n) is 5.07. The highest BCUT2D eigenvalue weighted by molar-refractivity contribution is 7.92. The van der Waals surface area contributed by atoms with E-state index in [2.05, 4.69) is 5.32 Å². The van der Waals surface area contributed by atoms with Gasteiger partial charge in [0, 0.05) is 19.5 Å². The van der Waals surface area contributed by atoms with E-state index in [-0.39, 0.29) is 29.7 Å². The molecule has 0 radical (unpaired) electrons. The van der Waals surface area contributed by atoms with E-state index in [4.69, 9.17) is 4.74 Å². The smallest absolute Gasteiger partial charge is 0.264 e. The average molecular weight is 642 g/mol. The third-order valence-corrected chi connectivity index (χ3v) is 9.39. The van der Waals surface area contributed by atoms with E-state index in [0.717, 1.165) is 21.0 Å². The molecule has 0 fully saturated rings. The van der Waals surface area contributed by atoms with Gasteiger partial charge in [-0.3, -0.25) is 13.9 Å². The van der Waals surface area contributed by atoms with E-state index >= 15 is 0 Å². The van der Waals surface area contributed by atoms with Gasteiger partial charge < -0.3 is 15.0 Å². The van der Waals surface area contributed by atoms with E-state index in [1.165, 1.54) is 17.0 Å². The Morgan fingerprint density at radius 2 is 1.43 bits per heavy atom. The van der Waals surface area contributed by atoms with Crippen LogP contribution in [0.3, 0.4) is 0 Å². The molecule has 1 atom stereocenters. The van der Waals surface area contributed by atoms with Gasteiger partial charge in [-0.05, 0) is 72.9 Å². The third kappa shape index (κ3) is 8.97. The van der Waals surface area contributed by atoms with Gasteiger partial charge in [0.05, 0.1) is 17.2 Å². The predicted octanol–water partition coefficient (Wildman–Crippen LogP) is 6.00. The number of hydrogen-bond acceptors (Lipinski definition) is 5. The number of nitrogens with one attached hydrogen (secondary N) is 1. The molecule has 0 saturated carbocycles. The van der Waals surface area contributed by atoms with E-state index < -0.39 is 28.5 Å². The van der Waals surface area contributed by atoms with Crippen molar-refractivity contribution in [3.63, 3.8) is 0 Å². The first-order chi connectivity index (χ1) is 22.1. The summed E-state index contributed by atoms with van der Waals surface area (Å²) in [5.74, 6) is -0.0404. The van der Waals surface area contributed by atoms with Crippen LogP contribution in [0.15, 0.2) is 114 Å². The summed E-state index contributed by atoms with van der Waals surface area (Å²) in [4.78, 5) is 30.0. The van der Waals surface area contributed by atoms with Crippen molar-refractivity contribution >= 4 is 27.5 Å². The number of carbonyl (C=O) groups excluding carboxylic acids is 2. The number of benzene rings is 4. The standard InChI is InChI=1S/C37H43N3O5S/c1-5-45-33-20-22-34(23-21-33)46(43,44)40(32-18-10-7-11-19-32)27-36(41)39(26-31-17-13-12-14-29(31)4)35(37(42)38-25-28(2)3)24-30-15-8-6-9-16-30/h6-23,28,35H,5,24-27H2,1-4H3,(H,38,42)/t35-/m0/s1. The quantitative estimate of drug-likeness (QED) is 0.172. The topological polar surface area (TPSA) is 96.0 Å². The van der Waals surface area contributed by atoms with E-state index in [9.17, 15) is 18.0 Å². The number of anilines is 1. The SMILES string of the molecule is CCOc1ccc(S(=O)(=O)N(CC(=O)N(Cc2ccccc2C)[C@@H](Cc2ccccc2)C(=O)NCC(C)C)c2ccccc2)cc1. The molecule has 242 valence electrons. The monoisotopic (exact) mass is 641 g/mol. The zero-order valence-electron chi connectivity index (χ0n) is 26.9. The van der Waals surface area contributed by atoms with Crippen LogP contribution in [0.4, 0.5) is 5.69 Å². The lowest BCUT2D eigenvalue weighted by Crippen LogP contribution is -2.53. The molecule has 0 aliphatic rings. The number of carbonyl (C=O) groups is 2. The van der Waals surface area contributed by atoms with Crippen LogP contribution in [0, 0.1) is 12.8 Å². The molecule has 8 nitrogen and oxygen atoms in total. The third-order valence-electron chi connectivity index (χ3n) is 7.60. The number of aryl methyl sites for hydroxylation is 1. The van der Waals surface area contributed by atoms with Crippen LogP contribution < -0.4 is 14.4 Å². The predicted molar refractivity (Wildman–Crippen MR) is 182 cm³/mol. The summed E-state index contributed by atoms with van der Waals surface area (Å²) in [6.07, 6.45) is 0.263. The van der Waals surface area contributed by atoms with Crippen molar-refractivity contribution in [2.24, 2.45) is 5.92 Å². The van der Waals surface area contributed by atoms with Gasteiger partial charge in [0.1, 0.15) is 18.3 Å². The van der Waals surface area contributed by atoms with Crippen molar-refractivity contribution in [2.45, 2.75) is 51.6 Å². The first-order valence-corrected chi connectivity index (χ1v) is 17.0. The number of sulfonamides is 1. The van der Waals surface area contributed by atoms with Crippen LogP contribution in [0.1, 0.15) is 37.5 Å². The van der Waals surface area contributed by atoms with Gasteiger partial charge in [0.25, 0.3) is 10.0 Å². The Labute approximate surface area is 273 Å². The Bertz CT molecular complexity index is 1680. The largest absolute Gasteiger partial charge is 0.494 e. The highest BCUT2D eigenvalue weighted by Gasteiger charge is 2.34. The maximum atomic E-state index is 14.6. The zero-order valence-corrected chi connectivity index (χ0v) is 27.7. The number of ether oxygens (including phenoxy) is 1. The first-order valence-electron chi connectivity index (χ1n) is 15.6. The van der Waals surface area contributed by atoms with Gasteiger partial charge in [-0.25, -0.2) is 8.42 Å². The molecule has 0 aliphatic carbocycles. The average Bonchev–Trinajstić information content (AvgIpc) is 3.06. The van der Waals surface area contributed by atoms with E-state index in [1.807, 2.05) is 82.3 Å². The Morgan fingerprint density at radius 1 is 0.826 bits per heavy atom. The lowest BCUT2D eigenvalue weighted by molar-refractivity contribution is -0.140. The number of rotatable bonds is 15. The van der Waals surface area contributed by atoms with Crippen molar-refractivity contribution in [1.82, 2.24) is 10.2 Å². The number of para-hydroxylation sites is 1. The molecule has 4 aromatic carbocycles. The summed E-state index contributed by atoms with van der Waals surface area (Å²) in [7, 11) is -4.19. The van der Waals surface area contributed by atoms with Crippen LogP contribution in [-0.4, -0.2) is 50.9 Å². The van der Waals surface area contributed by atoms with Gasteiger partial charge in [0.2, 0.25) is 11.8 Å². The molecule has 0 heterocycles. The molecular weight excluding hydrogens is 598 g/mol. The Morgan fingerprint density at radius 3 is 2.04 bits per heavy atom. The van der Waals surface area contributed by atoms with Crippen LogP contribution >= 0.6 is 0 Å². The van der Waals surface area contributed by atoms with E-state index in [0.29, 0.717) is 24.6 Å². The number of hydrogen-bond donors (Lipinski definition) is 1. The summed E-state index contributed by atoms with van der Waals surface area (Å²) in [5, 5.41) is 3.02. The van der Waals surface area contributed by atoms with Gasteiger partial charge in [0.15, 0.2) is 0 Å². The number of amides is 2. The zero-order chi connectivity index (χ0) is 33.1. The van der Waals surface area contributed by atoms with Crippen molar-refractivity contribution in [2.75, 3.05) is 24.0 Å². The highest BCUT2D eigenvalue weighted by atomic mass is 32.2. The molecule has 4 rings (SSSR count). The summed E-state index contributed by atoms with van der Waals surface area (Å²) in [6, 6.07) is 31.0. The molecule has 0 bridgehead atoms. The fourth-order valence-corrected chi connectivity index (χ4v) is 6.49. The molecular formula is C37H43N3O5S. The minimum atomic E-state index is -4.19. The van der Waals surface area contributed by atoms with Crippen LogP contribution in [0.2, 0.25) is 0 Å². The van der Waals surface area contributed by atoms with Gasteiger partial charge in [-0.2, -0.15) is 0 Å². The summed E-state index contributed by atoms with van der Waals surface area (Å²) < 4.78 is 35.0. The van der Waals surface area contributed by atoms with Gasteiger partial charge >= 0.3 is 0 Å². The molecule has 0 spiro atoms. The second-order valence-electron chi connectivity index (χ2n) is 11.5. The molecule has 2 amide bonds. The molecule has 0 saturated heterocycles. The molecule has 46 heavy (non-hydrogen) atoms. The summed E-state index contributed by atoms with van der Waals surface area (Å²) in [6.45, 7) is 8.33. The molecule has 0 aliphatic heterocycles. The Balaban J connectivity index is 1.78. The Hall–Kier alpha value is -4.63. The Kier molecular flexibility index (Phi) is 12.0. The molecule has 0 aromatic heterocycles. The fraction of sp³-hybridized carbons (Fsp3) is 0.297. The summed E-state index contributed by atoms with van der Waals surface area (Å²) >= 11 is 0. The lowest BCUT2D eigenvalue weighted by Gasteiger charge is -2.34. The lowest BCUT2D eigenvalue weighted by atomic mass is 10.0. The minimum absolute atomic E-state index is 0.0218. The van der Waals surface area contributed by atoms with Crippen molar-refractivity contribution < 1.29 is 22.7 Å². The van der Waals surface area contributed by atoms with Gasteiger partial charge in [-0.1, -0.05) is 86.6 Å². The first kappa shape index (κ1) is 34.2. The summed E-state index contributed by atoms with van der Waals surface area (Å²) in [5.41, 5.74) is 3.05. The molecule has 0 unspecified atom stereocenters. The second kappa shape index (κ2) is 16.1. The van der Waals surface area contributed by atoms with Gasteiger partial charge in [-0.15, -0.1) is 0 Å². The second-order valence-corrected chi connectivity index (χ2v) is 13.4. The van der Waals surface area contributed by atoms with E-state index in [1.54, 1.807) is 42.5 Å². The maximum Gasteiger partial charge on any atom is 0.264 e. The van der Waals surface area contributed by atoms with Crippen LogP contribution in [-0.2, 0) is 32.6 Å². The van der Waals surface area contributed by atoms with Crippen LogP contribution in [0.5, 0.6) is 5.75 Å². The highest BCUT2D eigenvalue weighted by Crippen LogP contribution is 2.26.